The normalized spacial score (nSPS) is 11.6. The zero-order chi connectivity index (χ0) is 13.8. The smallest absolute Gasteiger partial charge is 0.158 e. The number of ketones is 1. The summed E-state index contributed by atoms with van der Waals surface area (Å²) in [6, 6.07) is 0. The van der Waals surface area contributed by atoms with Gasteiger partial charge in [0.1, 0.15) is 0 Å². The quantitative estimate of drug-likeness (QED) is 0.305. The number of unbranched alkanes of at least 4 members (excludes halogenated alkanes) is 2. The maximum Gasteiger partial charge on any atom is 0.158 e. The summed E-state index contributed by atoms with van der Waals surface area (Å²) in [6.45, 7) is 6.57. The van der Waals surface area contributed by atoms with Crippen LogP contribution in [0.25, 0.3) is 0 Å². The summed E-state index contributed by atoms with van der Waals surface area (Å²) in [4.78, 5) is 12.0. The van der Waals surface area contributed by atoms with Crippen molar-refractivity contribution in [1.29, 1.82) is 0 Å². The van der Waals surface area contributed by atoms with Crippen LogP contribution in [0, 0.1) is 18.3 Å². The first-order chi connectivity index (χ1) is 8.61. The fraction of sp³-hybridized carbons (Fsp3) is 0.706. The maximum atomic E-state index is 12.0. The van der Waals surface area contributed by atoms with Crippen molar-refractivity contribution >= 4 is 5.78 Å². The number of hydrogen-bond acceptors (Lipinski definition) is 1. The highest BCUT2D eigenvalue weighted by atomic mass is 16.1. The van der Waals surface area contributed by atoms with Gasteiger partial charge in [-0.3, -0.25) is 4.79 Å². The molecule has 18 heavy (non-hydrogen) atoms. The van der Waals surface area contributed by atoms with E-state index in [9.17, 15) is 4.79 Å². The summed E-state index contributed by atoms with van der Waals surface area (Å²) in [6.07, 6.45) is 14.9. The highest BCUT2D eigenvalue weighted by molar-refractivity contribution is 5.95. The van der Waals surface area contributed by atoms with E-state index in [1.807, 2.05) is 0 Å². The van der Waals surface area contributed by atoms with Crippen molar-refractivity contribution in [3.05, 3.63) is 11.6 Å². The lowest BCUT2D eigenvalue weighted by Crippen LogP contribution is -2.03. The lowest BCUT2D eigenvalue weighted by Gasteiger charge is -2.07. The van der Waals surface area contributed by atoms with Crippen LogP contribution in [-0.2, 0) is 4.79 Å². The van der Waals surface area contributed by atoms with Gasteiger partial charge in [0.25, 0.3) is 0 Å². The molecule has 0 aromatic carbocycles. The number of Topliss-reactive ketones (excluding diaryl/α,β-unsaturated/α-hetero) is 1. The second kappa shape index (κ2) is 11.1. The molecule has 0 heterocycles. The molecule has 0 spiro atoms. The molecule has 0 amide bonds. The second-order valence-electron chi connectivity index (χ2n) is 5.26. The average Bonchev–Trinajstić information content (AvgIpc) is 2.33. The van der Waals surface area contributed by atoms with Gasteiger partial charge in [0.2, 0.25) is 0 Å². The van der Waals surface area contributed by atoms with E-state index in [-0.39, 0.29) is 0 Å². The van der Waals surface area contributed by atoms with Gasteiger partial charge < -0.3 is 0 Å². The zero-order valence-corrected chi connectivity index (χ0v) is 12.3. The van der Waals surface area contributed by atoms with Gasteiger partial charge in [-0.25, -0.2) is 0 Å². The van der Waals surface area contributed by atoms with Gasteiger partial charge in [-0.15, -0.1) is 12.3 Å². The van der Waals surface area contributed by atoms with E-state index in [0.29, 0.717) is 18.6 Å². The Morgan fingerprint density at radius 2 is 1.94 bits per heavy atom. The molecule has 0 rings (SSSR count). The van der Waals surface area contributed by atoms with E-state index >= 15 is 0 Å². The summed E-state index contributed by atoms with van der Waals surface area (Å²) in [5, 5.41) is 0. The molecule has 0 aromatic heterocycles. The van der Waals surface area contributed by atoms with Crippen LogP contribution in [-0.4, -0.2) is 5.78 Å². The lowest BCUT2D eigenvalue weighted by atomic mass is 9.97. The van der Waals surface area contributed by atoms with Crippen LogP contribution >= 0.6 is 0 Å². The number of rotatable bonds is 10. The fourth-order valence-corrected chi connectivity index (χ4v) is 1.98. The monoisotopic (exact) mass is 248 g/mol. The topological polar surface area (TPSA) is 17.1 Å². The lowest BCUT2D eigenvalue weighted by molar-refractivity contribution is -0.115. The number of hydrogen-bond donors (Lipinski definition) is 0. The Hall–Kier alpha value is -1.03. The summed E-state index contributed by atoms with van der Waals surface area (Å²) in [7, 11) is 0. The summed E-state index contributed by atoms with van der Waals surface area (Å²) >= 11 is 0. The largest absolute Gasteiger partial charge is 0.295 e. The molecule has 0 saturated heterocycles. The molecule has 0 aromatic rings. The molecule has 1 nitrogen and oxygen atoms in total. The van der Waals surface area contributed by atoms with Crippen LogP contribution in [0.2, 0.25) is 0 Å². The average molecular weight is 248 g/mol. The third kappa shape index (κ3) is 9.05. The van der Waals surface area contributed by atoms with Crippen molar-refractivity contribution in [2.24, 2.45) is 5.92 Å². The van der Waals surface area contributed by atoms with Gasteiger partial charge in [0.05, 0.1) is 0 Å². The molecule has 0 aliphatic heterocycles. The fourth-order valence-electron chi connectivity index (χ4n) is 1.98. The highest BCUT2D eigenvalue weighted by Gasteiger charge is 2.08. The molecular formula is C17H28O. The predicted molar refractivity (Wildman–Crippen MR) is 79.4 cm³/mol. The van der Waals surface area contributed by atoms with Crippen molar-refractivity contribution in [2.75, 3.05) is 0 Å². The minimum absolute atomic E-state index is 0.302. The van der Waals surface area contributed by atoms with E-state index < -0.39 is 0 Å². The Morgan fingerprint density at radius 3 is 2.50 bits per heavy atom. The molecule has 0 unspecified atom stereocenters. The van der Waals surface area contributed by atoms with Crippen LogP contribution in [0.15, 0.2) is 11.6 Å². The van der Waals surface area contributed by atoms with Crippen LogP contribution in [0.3, 0.4) is 0 Å². The van der Waals surface area contributed by atoms with Crippen LogP contribution < -0.4 is 0 Å². The maximum absolute atomic E-state index is 12.0. The number of carbonyl (C=O) groups is 1. The first kappa shape index (κ1) is 17.0. The molecule has 0 aliphatic rings. The Balaban J connectivity index is 4.03. The Bertz CT molecular complexity index is 291. The van der Waals surface area contributed by atoms with Crippen molar-refractivity contribution in [3.8, 4) is 12.3 Å². The SMILES string of the molecule is C#CCCCC(=O)/C(=C\CC)CCCCC(C)C. The van der Waals surface area contributed by atoms with Gasteiger partial charge in [-0.2, -0.15) is 0 Å². The standard InChI is InChI=1S/C17H28O/c1-5-7-8-14-17(18)16(11-6-2)13-10-9-12-15(3)4/h1,11,15H,6-10,12-14H2,2-4H3/b16-11-. The van der Waals surface area contributed by atoms with Crippen molar-refractivity contribution in [1.82, 2.24) is 0 Å². The predicted octanol–water partition coefficient (Wildman–Crippen LogP) is 4.91. The summed E-state index contributed by atoms with van der Waals surface area (Å²) < 4.78 is 0. The van der Waals surface area contributed by atoms with E-state index in [2.05, 4.69) is 32.8 Å². The highest BCUT2D eigenvalue weighted by Crippen LogP contribution is 2.16. The molecule has 0 bridgehead atoms. The molecule has 0 fully saturated rings. The van der Waals surface area contributed by atoms with E-state index in [1.54, 1.807) is 0 Å². The minimum atomic E-state index is 0.302. The molecular weight excluding hydrogens is 220 g/mol. The van der Waals surface area contributed by atoms with Crippen LogP contribution in [0.5, 0.6) is 0 Å². The number of terminal acetylenes is 1. The Labute approximate surface area is 113 Å². The van der Waals surface area contributed by atoms with Crippen LogP contribution in [0.4, 0.5) is 0 Å². The van der Waals surface area contributed by atoms with Crippen molar-refractivity contribution < 1.29 is 4.79 Å². The van der Waals surface area contributed by atoms with Gasteiger partial charge >= 0.3 is 0 Å². The molecule has 0 N–H and O–H groups in total. The third-order valence-electron chi connectivity index (χ3n) is 3.01. The van der Waals surface area contributed by atoms with Gasteiger partial charge in [0.15, 0.2) is 5.78 Å². The van der Waals surface area contributed by atoms with Gasteiger partial charge in [-0.05, 0) is 37.2 Å². The first-order valence-electron chi connectivity index (χ1n) is 7.27. The molecule has 0 atom stereocenters. The van der Waals surface area contributed by atoms with E-state index in [0.717, 1.165) is 37.2 Å². The van der Waals surface area contributed by atoms with Crippen molar-refractivity contribution in [3.63, 3.8) is 0 Å². The van der Waals surface area contributed by atoms with Gasteiger partial charge in [0, 0.05) is 12.8 Å². The van der Waals surface area contributed by atoms with E-state index in [1.165, 1.54) is 12.8 Å². The number of carbonyl (C=O) groups excluding carboxylic acids is 1. The van der Waals surface area contributed by atoms with Crippen LogP contribution in [0.1, 0.15) is 72.1 Å². The molecule has 1 heteroatoms. The second-order valence-corrected chi connectivity index (χ2v) is 5.26. The van der Waals surface area contributed by atoms with Gasteiger partial charge in [-0.1, -0.05) is 39.7 Å². The Kier molecular flexibility index (Phi) is 10.4. The third-order valence-corrected chi connectivity index (χ3v) is 3.01. The molecule has 0 radical (unpaired) electrons. The first-order valence-corrected chi connectivity index (χ1v) is 7.27. The number of allylic oxidation sites excluding steroid dienone is 2. The zero-order valence-electron chi connectivity index (χ0n) is 12.3. The molecule has 0 aliphatic carbocycles. The molecule has 102 valence electrons. The molecule has 0 saturated carbocycles. The Morgan fingerprint density at radius 1 is 1.22 bits per heavy atom. The van der Waals surface area contributed by atoms with Crippen molar-refractivity contribution in [2.45, 2.75) is 72.1 Å². The minimum Gasteiger partial charge on any atom is -0.295 e. The summed E-state index contributed by atoms with van der Waals surface area (Å²) in [5.41, 5.74) is 1.03. The summed E-state index contributed by atoms with van der Waals surface area (Å²) in [5.74, 6) is 3.65. The van der Waals surface area contributed by atoms with E-state index in [4.69, 9.17) is 6.42 Å².